The average molecular weight is 288 g/mol. The van der Waals surface area contributed by atoms with Gasteiger partial charge in [-0.3, -0.25) is 0 Å². The Labute approximate surface area is 122 Å². The van der Waals surface area contributed by atoms with Gasteiger partial charge in [-0.25, -0.2) is 9.59 Å². The molecular formula is C16H16O5. The molecule has 110 valence electrons. The summed E-state index contributed by atoms with van der Waals surface area (Å²) in [5.41, 5.74) is 0.270. The highest BCUT2D eigenvalue weighted by atomic mass is 16.6. The Balaban J connectivity index is 2.35. The van der Waals surface area contributed by atoms with E-state index in [4.69, 9.17) is 9.47 Å². The van der Waals surface area contributed by atoms with Gasteiger partial charge in [-0.05, 0) is 29.8 Å². The van der Waals surface area contributed by atoms with Crippen LogP contribution in [0.4, 0.5) is 0 Å². The molecule has 0 aromatic heterocycles. The van der Waals surface area contributed by atoms with Crippen LogP contribution in [0.2, 0.25) is 0 Å². The first-order valence-corrected chi connectivity index (χ1v) is 6.42. The predicted octanol–water partition coefficient (Wildman–Crippen LogP) is 2.57. The highest BCUT2D eigenvalue weighted by Gasteiger charge is 2.22. The quantitative estimate of drug-likeness (QED) is 0.809. The van der Waals surface area contributed by atoms with Gasteiger partial charge in [0.05, 0.1) is 14.2 Å². The summed E-state index contributed by atoms with van der Waals surface area (Å²) in [4.78, 5) is 23.5. The maximum atomic E-state index is 12.2. The average Bonchev–Trinajstić information content (AvgIpc) is 2.52. The number of ether oxygens (including phenoxy) is 3. The number of fused-ring (bicyclic) bond motifs is 1. The fourth-order valence-electron chi connectivity index (χ4n) is 1.99. The van der Waals surface area contributed by atoms with Gasteiger partial charge in [0.1, 0.15) is 11.3 Å². The van der Waals surface area contributed by atoms with Crippen LogP contribution in [0.3, 0.4) is 0 Å². The Morgan fingerprint density at radius 2 is 1.67 bits per heavy atom. The largest absolute Gasteiger partial charge is 0.496 e. The Bertz CT molecular complexity index is 677. The topological polar surface area (TPSA) is 61.8 Å². The minimum absolute atomic E-state index is 0.270. The second kappa shape index (κ2) is 6.26. The second-order valence-electron chi connectivity index (χ2n) is 4.47. The van der Waals surface area contributed by atoms with Gasteiger partial charge in [-0.15, -0.1) is 0 Å². The Hall–Kier alpha value is -2.56. The van der Waals surface area contributed by atoms with E-state index in [0.29, 0.717) is 5.75 Å². The molecular weight excluding hydrogens is 272 g/mol. The van der Waals surface area contributed by atoms with Gasteiger partial charge in [-0.2, -0.15) is 0 Å². The highest BCUT2D eigenvalue weighted by Crippen LogP contribution is 2.26. The van der Waals surface area contributed by atoms with E-state index in [-0.39, 0.29) is 5.56 Å². The summed E-state index contributed by atoms with van der Waals surface area (Å²) in [5, 5.41) is 1.84. The molecule has 0 bridgehead atoms. The van der Waals surface area contributed by atoms with Crippen molar-refractivity contribution < 1.29 is 23.8 Å². The molecule has 0 heterocycles. The van der Waals surface area contributed by atoms with E-state index in [9.17, 15) is 9.59 Å². The molecule has 2 rings (SSSR count). The smallest absolute Gasteiger partial charge is 0.346 e. The van der Waals surface area contributed by atoms with Crippen LogP contribution >= 0.6 is 0 Å². The monoisotopic (exact) mass is 288 g/mol. The minimum Gasteiger partial charge on any atom is -0.496 e. The lowest BCUT2D eigenvalue weighted by atomic mass is 10.1. The molecule has 21 heavy (non-hydrogen) atoms. The van der Waals surface area contributed by atoms with Crippen molar-refractivity contribution in [2.45, 2.75) is 13.0 Å². The van der Waals surface area contributed by atoms with Crippen LogP contribution in [0, 0.1) is 0 Å². The molecule has 0 unspecified atom stereocenters. The first-order valence-electron chi connectivity index (χ1n) is 6.42. The number of carbonyl (C=O) groups excluding carboxylic acids is 2. The van der Waals surface area contributed by atoms with Crippen molar-refractivity contribution in [1.82, 2.24) is 0 Å². The molecule has 0 aliphatic carbocycles. The third-order valence-electron chi connectivity index (χ3n) is 3.10. The molecule has 0 N–H and O–H groups in total. The zero-order valence-corrected chi connectivity index (χ0v) is 12.1. The van der Waals surface area contributed by atoms with Gasteiger partial charge in [0.25, 0.3) is 0 Å². The summed E-state index contributed by atoms with van der Waals surface area (Å²) >= 11 is 0. The van der Waals surface area contributed by atoms with Gasteiger partial charge >= 0.3 is 11.9 Å². The minimum atomic E-state index is -0.973. The van der Waals surface area contributed by atoms with E-state index in [1.54, 1.807) is 12.1 Å². The summed E-state index contributed by atoms with van der Waals surface area (Å²) in [5.74, 6) is -0.839. The molecule has 0 fully saturated rings. The van der Waals surface area contributed by atoms with E-state index in [1.165, 1.54) is 21.1 Å². The van der Waals surface area contributed by atoms with Crippen molar-refractivity contribution in [1.29, 1.82) is 0 Å². The number of hydrogen-bond donors (Lipinski definition) is 0. The summed E-state index contributed by atoms with van der Waals surface area (Å²) in [6.45, 7) is 1.46. The van der Waals surface area contributed by atoms with E-state index in [2.05, 4.69) is 4.74 Å². The van der Waals surface area contributed by atoms with Crippen LogP contribution in [0.5, 0.6) is 5.75 Å². The van der Waals surface area contributed by atoms with E-state index in [1.807, 2.05) is 24.3 Å². The lowest BCUT2D eigenvalue weighted by Crippen LogP contribution is -2.25. The SMILES string of the molecule is COC(=O)[C@H](C)OC(=O)c1cc2ccccc2cc1OC. The highest BCUT2D eigenvalue weighted by molar-refractivity contribution is 5.99. The molecule has 0 spiro atoms. The maximum Gasteiger partial charge on any atom is 0.346 e. The normalized spacial score (nSPS) is 11.8. The Morgan fingerprint density at radius 3 is 2.24 bits per heavy atom. The van der Waals surface area contributed by atoms with Crippen molar-refractivity contribution in [2.24, 2.45) is 0 Å². The van der Waals surface area contributed by atoms with E-state index < -0.39 is 18.0 Å². The Kier molecular flexibility index (Phi) is 4.42. The van der Waals surface area contributed by atoms with Crippen LogP contribution in [-0.4, -0.2) is 32.3 Å². The van der Waals surface area contributed by atoms with Crippen molar-refractivity contribution in [2.75, 3.05) is 14.2 Å². The Morgan fingerprint density at radius 1 is 1.05 bits per heavy atom. The van der Waals surface area contributed by atoms with Gasteiger partial charge in [0.15, 0.2) is 6.10 Å². The molecule has 5 heteroatoms. The molecule has 5 nitrogen and oxygen atoms in total. The van der Waals surface area contributed by atoms with E-state index in [0.717, 1.165) is 10.8 Å². The van der Waals surface area contributed by atoms with Crippen LogP contribution in [0.25, 0.3) is 10.8 Å². The molecule has 2 aromatic rings. The molecule has 0 saturated heterocycles. The number of hydrogen-bond acceptors (Lipinski definition) is 5. The lowest BCUT2D eigenvalue weighted by Gasteiger charge is -2.13. The first-order chi connectivity index (χ1) is 10.1. The summed E-state index contributed by atoms with van der Waals surface area (Å²) in [6.07, 6.45) is -0.973. The first kappa shape index (κ1) is 14.8. The van der Waals surface area contributed by atoms with Crippen molar-refractivity contribution >= 4 is 22.7 Å². The van der Waals surface area contributed by atoms with Crippen molar-refractivity contribution in [3.63, 3.8) is 0 Å². The number of rotatable bonds is 4. The molecule has 0 aliphatic rings. The number of esters is 2. The fourth-order valence-corrected chi connectivity index (χ4v) is 1.99. The van der Waals surface area contributed by atoms with Crippen molar-refractivity contribution in [3.05, 3.63) is 42.0 Å². The third-order valence-corrected chi connectivity index (χ3v) is 3.10. The molecule has 0 aliphatic heterocycles. The molecule has 0 radical (unpaired) electrons. The van der Waals surface area contributed by atoms with Crippen LogP contribution in [0.1, 0.15) is 17.3 Å². The number of carbonyl (C=O) groups is 2. The van der Waals surface area contributed by atoms with Crippen LogP contribution in [-0.2, 0) is 14.3 Å². The zero-order chi connectivity index (χ0) is 15.4. The molecule has 1 atom stereocenters. The van der Waals surface area contributed by atoms with Gasteiger partial charge in [-0.1, -0.05) is 24.3 Å². The predicted molar refractivity (Wildman–Crippen MR) is 77.4 cm³/mol. The molecule has 2 aromatic carbocycles. The zero-order valence-electron chi connectivity index (χ0n) is 12.1. The van der Waals surface area contributed by atoms with Crippen LogP contribution in [0.15, 0.2) is 36.4 Å². The second-order valence-corrected chi connectivity index (χ2v) is 4.47. The van der Waals surface area contributed by atoms with Crippen molar-refractivity contribution in [3.8, 4) is 5.75 Å². The molecule has 0 amide bonds. The molecule has 0 saturated carbocycles. The third kappa shape index (κ3) is 3.13. The van der Waals surface area contributed by atoms with Gasteiger partial charge in [0.2, 0.25) is 0 Å². The summed E-state index contributed by atoms with van der Waals surface area (Å²) in [7, 11) is 2.72. The number of benzene rings is 2. The van der Waals surface area contributed by atoms with Gasteiger partial charge in [0, 0.05) is 0 Å². The summed E-state index contributed by atoms with van der Waals surface area (Å²) in [6, 6.07) is 11.0. The van der Waals surface area contributed by atoms with E-state index >= 15 is 0 Å². The lowest BCUT2D eigenvalue weighted by molar-refractivity contribution is -0.149. The number of methoxy groups -OCH3 is 2. The maximum absolute atomic E-state index is 12.2. The fraction of sp³-hybridized carbons (Fsp3) is 0.250. The standard InChI is InChI=1S/C16H16O5/c1-10(15(17)20-3)21-16(18)13-8-11-6-4-5-7-12(11)9-14(13)19-2/h4-10H,1-3H3/t10-/m0/s1. The van der Waals surface area contributed by atoms with Crippen LogP contribution < -0.4 is 4.74 Å². The summed E-state index contributed by atoms with van der Waals surface area (Å²) < 4.78 is 14.8. The van der Waals surface area contributed by atoms with Gasteiger partial charge < -0.3 is 14.2 Å².